The van der Waals surface area contributed by atoms with E-state index in [2.05, 4.69) is 23.0 Å². The van der Waals surface area contributed by atoms with E-state index in [4.69, 9.17) is 15.9 Å². The van der Waals surface area contributed by atoms with E-state index >= 15 is 0 Å². The zero-order chi connectivity index (χ0) is 17.9. The molecule has 0 saturated heterocycles. The van der Waals surface area contributed by atoms with Crippen LogP contribution in [0.5, 0.6) is 5.75 Å². The summed E-state index contributed by atoms with van der Waals surface area (Å²) in [6, 6.07) is 18.1. The highest BCUT2D eigenvalue weighted by atomic mass is 16.5. The van der Waals surface area contributed by atoms with Crippen LogP contribution in [0.3, 0.4) is 0 Å². The third-order valence-electron chi connectivity index (χ3n) is 3.80. The lowest BCUT2D eigenvalue weighted by atomic mass is 10.1. The lowest BCUT2D eigenvalue weighted by Crippen LogP contribution is -2.34. The van der Waals surface area contributed by atoms with E-state index in [0.717, 1.165) is 17.9 Å². The topological polar surface area (TPSA) is 41.9 Å². The van der Waals surface area contributed by atoms with Crippen molar-refractivity contribution in [3.63, 3.8) is 0 Å². The Hall–Kier alpha value is -2.32. The van der Waals surface area contributed by atoms with Gasteiger partial charge in [-0.15, -0.1) is 6.42 Å². The van der Waals surface area contributed by atoms with E-state index in [0.29, 0.717) is 13.1 Å². The molecule has 0 fully saturated rings. The summed E-state index contributed by atoms with van der Waals surface area (Å²) in [6.45, 7) is 2.32. The predicted octanol–water partition coefficient (Wildman–Crippen LogP) is 2.71. The van der Waals surface area contributed by atoms with Crippen LogP contribution in [0, 0.1) is 12.3 Å². The van der Waals surface area contributed by atoms with Gasteiger partial charge in [0.15, 0.2) is 0 Å². The lowest BCUT2D eigenvalue weighted by molar-refractivity contribution is 0.0242. The van der Waals surface area contributed by atoms with Crippen LogP contribution >= 0.6 is 0 Å². The molecule has 0 spiro atoms. The summed E-state index contributed by atoms with van der Waals surface area (Å²) in [4.78, 5) is 2.18. The number of hydrogen-bond acceptors (Lipinski definition) is 4. The van der Waals surface area contributed by atoms with Gasteiger partial charge in [-0.1, -0.05) is 54.5 Å². The first-order chi connectivity index (χ1) is 12.2. The molecule has 0 aromatic heterocycles. The number of nitrogens with zero attached hydrogens (tertiary/aromatic N) is 1. The maximum absolute atomic E-state index is 10.3. The number of rotatable bonds is 10. The number of aliphatic hydroxyl groups is 1. The summed E-state index contributed by atoms with van der Waals surface area (Å²) in [5.41, 5.74) is 2.27. The first-order valence-electron chi connectivity index (χ1n) is 8.30. The standard InChI is InChI=1S/C21H25NO3/c1-3-13-25-17-20(23)16-22(14-18-9-5-4-6-10-18)15-19-11-7-8-12-21(19)24-2/h1,4-12,20,23H,13-17H2,2H3/t20-/m1/s1. The normalized spacial score (nSPS) is 11.9. The van der Waals surface area contributed by atoms with E-state index in [9.17, 15) is 5.11 Å². The van der Waals surface area contributed by atoms with Crippen LogP contribution in [0.1, 0.15) is 11.1 Å². The van der Waals surface area contributed by atoms with E-state index in [1.165, 1.54) is 5.56 Å². The molecule has 0 saturated carbocycles. The monoisotopic (exact) mass is 339 g/mol. The molecule has 4 heteroatoms. The molecule has 1 atom stereocenters. The number of ether oxygens (including phenoxy) is 2. The highest BCUT2D eigenvalue weighted by Gasteiger charge is 2.15. The van der Waals surface area contributed by atoms with Crippen molar-refractivity contribution in [3.05, 3.63) is 65.7 Å². The van der Waals surface area contributed by atoms with E-state index in [1.54, 1.807) is 7.11 Å². The van der Waals surface area contributed by atoms with E-state index < -0.39 is 6.10 Å². The fourth-order valence-corrected chi connectivity index (χ4v) is 2.71. The Kier molecular flexibility index (Phi) is 8.00. The highest BCUT2D eigenvalue weighted by Crippen LogP contribution is 2.20. The Morgan fingerprint density at radius 3 is 2.52 bits per heavy atom. The average Bonchev–Trinajstić information content (AvgIpc) is 2.63. The molecule has 0 heterocycles. The fraction of sp³-hybridized carbons (Fsp3) is 0.333. The maximum Gasteiger partial charge on any atom is 0.123 e. The van der Waals surface area contributed by atoms with Crippen LogP contribution in [-0.2, 0) is 17.8 Å². The summed E-state index contributed by atoms with van der Waals surface area (Å²) < 4.78 is 10.7. The summed E-state index contributed by atoms with van der Waals surface area (Å²) in [6.07, 6.45) is 4.57. The minimum atomic E-state index is -0.605. The van der Waals surface area contributed by atoms with Gasteiger partial charge in [-0.3, -0.25) is 4.90 Å². The minimum absolute atomic E-state index is 0.211. The molecule has 132 valence electrons. The molecule has 0 aliphatic rings. The molecule has 2 rings (SSSR count). The molecular weight excluding hydrogens is 314 g/mol. The maximum atomic E-state index is 10.3. The summed E-state index contributed by atoms with van der Waals surface area (Å²) in [5, 5.41) is 10.3. The molecule has 1 N–H and O–H groups in total. The molecule has 0 unspecified atom stereocenters. The first-order valence-corrected chi connectivity index (χ1v) is 8.30. The average molecular weight is 339 g/mol. The van der Waals surface area contributed by atoms with E-state index in [1.807, 2.05) is 42.5 Å². The highest BCUT2D eigenvalue weighted by molar-refractivity contribution is 5.33. The molecule has 0 radical (unpaired) electrons. The van der Waals surface area contributed by atoms with Gasteiger partial charge in [0, 0.05) is 25.2 Å². The third kappa shape index (κ3) is 6.60. The van der Waals surface area contributed by atoms with Crippen LogP contribution in [0.25, 0.3) is 0 Å². The van der Waals surface area contributed by atoms with Gasteiger partial charge < -0.3 is 14.6 Å². The third-order valence-corrected chi connectivity index (χ3v) is 3.80. The van der Waals surface area contributed by atoms with Gasteiger partial charge in [-0.05, 0) is 11.6 Å². The van der Waals surface area contributed by atoms with Gasteiger partial charge in [0.05, 0.1) is 19.8 Å². The van der Waals surface area contributed by atoms with Crippen molar-refractivity contribution in [2.45, 2.75) is 19.2 Å². The molecule has 4 nitrogen and oxygen atoms in total. The molecule has 0 bridgehead atoms. The van der Waals surface area contributed by atoms with Gasteiger partial charge in [-0.25, -0.2) is 0 Å². The largest absolute Gasteiger partial charge is 0.496 e. The van der Waals surface area contributed by atoms with Crippen molar-refractivity contribution < 1.29 is 14.6 Å². The van der Waals surface area contributed by atoms with Crippen LogP contribution < -0.4 is 4.74 Å². The summed E-state index contributed by atoms with van der Waals surface area (Å²) in [5.74, 6) is 3.25. The Morgan fingerprint density at radius 2 is 1.80 bits per heavy atom. The second kappa shape index (κ2) is 10.5. The van der Waals surface area contributed by atoms with Crippen molar-refractivity contribution in [2.75, 3.05) is 26.9 Å². The second-order valence-electron chi connectivity index (χ2n) is 5.84. The number of para-hydroxylation sites is 1. The fourth-order valence-electron chi connectivity index (χ4n) is 2.71. The summed E-state index contributed by atoms with van der Waals surface area (Å²) in [7, 11) is 1.67. The van der Waals surface area contributed by atoms with Gasteiger partial charge in [-0.2, -0.15) is 0 Å². The number of terminal acetylenes is 1. The first kappa shape index (κ1) is 19.0. The van der Waals surface area contributed by atoms with Crippen LogP contribution in [0.2, 0.25) is 0 Å². The SMILES string of the molecule is C#CCOC[C@H](O)CN(Cc1ccccc1)Cc1ccccc1OC. The molecule has 0 amide bonds. The number of benzene rings is 2. The molecule has 25 heavy (non-hydrogen) atoms. The lowest BCUT2D eigenvalue weighted by Gasteiger charge is -2.26. The quantitative estimate of drug-likeness (QED) is 0.534. The number of aliphatic hydroxyl groups excluding tert-OH is 1. The van der Waals surface area contributed by atoms with E-state index in [-0.39, 0.29) is 13.2 Å². The minimum Gasteiger partial charge on any atom is -0.496 e. The second-order valence-corrected chi connectivity index (χ2v) is 5.84. The molecule has 2 aromatic rings. The predicted molar refractivity (Wildman–Crippen MR) is 99.2 cm³/mol. The van der Waals surface area contributed by atoms with Gasteiger partial charge in [0.2, 0.25) is 0 Å². The smallest absolute Gasteiger partial charge is 0.123 e. The van der Waals surface area contributed by atoms with Gasteiger partial charge in [0.1, 0.15) is 12.4 Å². The Labute approximate surface area is 150 Å². The van der Waals surface area contributed by atoms with Crippen molar-refractivity contribution in [1.82, 2.24) is 4.90 Å². The zero-order valence-electron chi connectivity index (χ0n) is 14.6. The number of methoxy groups -OCH3 is 1. The molecular formula is C21H25NO3. The Morgan fingerprint density at radius 1 is 1.08 bits per heavy atom. The zero-order valence-corrected chi connectivity index (χ0v) is 14.6. The summed E-state index contributed by atoms with van der Waals surface area (Å²) >= 11 is 0. The van der Waals surface area contributed by atoms with Crippen molar-refractivity contribution >= 4 is 0 Å². The van der Waals surface area contributed by atoms with Crippen LogP contribution in [-0.4, -0.2) is 43.0 Å². The number of hydrogen-bond donors (Lipinski definition) is 1. The van der Waals surface area contributed by atoms with Crippen molar-refractivity contribution in [2.24, 2.45) is 0 Å². The van der Waals surface area contributed by atoms with Crippen molar-refractivity contribution in [1.29, 1.82) is 0 Å². The van der Waals surface area contributed by atoms with Gasteiger partial charge in [0.25, 0.3) is 0 Å². The van der Waals surface area contributed by atoms with Crippen molar-refractivity contribution in [3.8, 4) is 18.1 Å². The van der Waals surface area contributed by atoms with Crippen LogP contribution in [0.15, 0.2) is 54.6 Å². The van der Waals surface area contributed by atoms with Gasteiger partial charge >= 0.3 is 0 Å². The molecule has 0 aliphatic carbocycles. The molecule has 2 aromatic carbocycles. The van der Waals surface area contributed by atoms with Crippen LogP contribution in [0.4, 0.5) is 0 Å². The molecule has 0 aliphatic heterocycles. The Bertz CT molecular complexity index is 666. The Balaban J connectivity index is 2.07.